The molecule has 0 saturated heterocycles. The number of H-pyrrole nitrogens is 1. The van der Waals surface area contributed by atoms with Crippen LogP contribution in [0.15, 0.2) is 96.0 Å². The summed E-state index contributed by atoms with van der Waals surface area (Å²) in [5.74, 6) is 0. The molecule has 0 bridgehead atoms. The van der Waals surface area contributed by atoms with Gasteiger partial charge in [-0.25, -0.2) is 4.98 Å². The van der Waals surface area contributed by atoms with Crippen LogP contribution in [0.4, 0.5) is 0 Å². The van der Waals surface area contributed by atoms with E-state index in [0.29, 0.717) is 18.7 Å². The number of nitrogens with one attached hydrogen (secondary N) is 2. The zero-order valence-electron chi connectivity index (χ0n) is 17.4. The minimum Gasteiger partial charge on any atom is -0.403 e. The van der Waals surface area contributed by atoms with E-state index in [0.717, 1.165) is 39.0 Å². The predicted octanol–water partition coefficient (Wildman–Crippen LogP) is 4.36. The molecule has 31 heavy (non-hydrogen) atoms. The molecule has 0 saturated carbocycles. The van der Waals surface area contributed by atoms with Crippen molar-refractivity contribution < 1.29 is 4.84 Å². The van der Waals surface area contributed by atoms with Gasteiger partial charge >= 0.3 is 0 Å². The molecule has 4 N–H and O–H groups in total. The smallest absolute Gasteiger partial charge is 0.137 e. The third-order valence-corrected chi connectivity index (χ3v) is 5.11. The first-order chi connectivity index (χ1) is 15.3. The fourth-order valence-electron chi connectivity index (χ4n) is 3.46. The van der Waals surface area contributed by atoms with Crippen LogP contribution in [0.5, 0.6) is 0 Å². The summed E-state index contributed by atoms with van der Waals surface area (Å²) in [4.78, 5) is 17.6. The van der Waals surface area contributed by atoms with Gasteiger partial charge in [0.25, 0.3) is 0 Å². The number of hydrogen-bond donors (Lipinski definition) is 3. The van der Waals surface area contributed by atoms with Crippen LogP contribution in [0.25, 0.3) is 22.2 Å². The fourth-order valence-corrected chi connectivity index (χ4v) is 3.46. The highest BCUT2D eigenvalue weighted by molar-refractivity contribution is 6.00. The summed E-state index contributed by atoms with van der Waals surface area (Å²) in [5.41, 5.74) is 15.6. The molecule has 2 aromatic carbocycles. The maximum Gasteiger partial charge on any atom is 0.137 e. The Morgan fingerprint density at radius 3 is 2.61 bits per heavy atom. The summed E-state index contributed by atoms with van der Waals surface area (Å²) >= 11 is 0. The second kappa shape index (κ2) is 9.73. The number of nitrogens with two attached hydrogens (primary N) is 1. The summed E-state index contributed by atoms with van der Waals surface area (Å²) in [6.07, 6.45) is 5.88. The zero-order valence-corrected chi connectivity index (χ0v) is 17.4. The van der Waals surface area contributed by atoms with Crippen molar-refractivity contribution in [3.8, 4) is 11.1 Å². The maximum absolute atomic E-state index is 5.81. The maximum atomic E-state index is 5.81. The van der Waals surface area contributed by atoms with Gasteiger partial charge in [0.1, 0.15) is 5.65 Å². The molecule has 0 atom stereocenters. The molecule has 0 radical (unpaired) electrons. The van der Waals surface area contributed by atoms with Crippen LogP contribution in [-0.2, 0) is 17.9 Å². The van der Waals surface area contributed by atoms with E-state index in [1.54, 1.807) is 7.05 Å². The number of fused-ring (bicyclic) bond motifs is 1. The Morgan fingerprint density at radius 2 is 1.87 bits per heavy atom. The summed E-state index contributed by atoms with van der Waals surface area (Å²) in [6, 6.07) is 22.5. The van der Waals surface area contributed by atoms with Gasteiger partial charge in [0.15, 0.2) is 0 Å². The lowest BCUT2D eigenvalue weighted by molar-refractivity contribution is 0.0529. The number of hydroxylamine groups is 1. The third-order valence-electron chi connectivity index (χ3n) is 5.11. The lowest BCUT2D eigenvalue weighted by atomic mass is 10.0. The van der Waals surface area contributed by atoms with Crippen molar-refractivity contribution in [2.24, 2.45) is 10.7 Å². The van der Waals surface area contributed by atoms with Crippen LogP contribution < -0.4 is 11.2 Å². The minimum atomic E-state index is 0.399. The average Bonchev–Trinajstić information content (AvgIpc) is 3.31. The highest BCUT2D eigenvalue weighted by atomic mass is 16.6. The number of allylic oxidation sites excluding steroid dienone is 1. The number of aliphatic imine (C=N–C) groups is 1. The number of pyridine rings is 1. The van der Waals surface area contributed by atoms with Crippen molar-refractivity contribution in [2.45, 2.75) is 13.0 Å². The van der Waals surface area contributed by atoms with Gasteiger partial charge < -0.3 is 10.7 Å². The van der Waals surface area contributed by atoms with E-state index in [1.807, 2.05) is 42.7 Å². The fraction of sp³-hybridized carbons (Fsp3) is 0.120. The van der Waals surface area contributed by atoms with Crippen LogP contribution in [0.2, 0.25) is 0 Å². The standard InChI is InChI=1S/C25H25N5O/c1-27-23(15-18-5-3-2-4-6-18)24(16-26)30-31-17-19-7-9-20(10-8-19)21-11-13-28-25-22(21)12-14-29-25/h2-14,16,30H,15,17,26H2,1H3,(H,28,29). The minimum absolute atomic E-state index is 0.399. The van der Waals surface area contributed by atoms with Gasteiger partial charge in [-0.1, -0.05) is 54.6 Å². The van der Waals surface area contributed by atoms with Crippen molar-refractivity contribution in [1.82, 2.24) is 15.4 Å². The quantitative estimate of drug-likeness (QED) is 0.297. The molecule has 2 aromatic heterocycles. The van der Waals surface area contributed by atoms with E-state index in [4.69, 9.17) is 10.6 Å². The van der Waals surface area contributed by atoms with E-state index in [9.17, 15) is 0 Å². The van der Waals surface area contributed by atoms with E-state index < -0.39 is 0 Å². The largest absolute Gasteiger partial charge is 0.403 e. The van der Waals surface area contributed by atoms with Crippen LogP contribution in [0.1, 0.15) is 11.1 Å². The molecule has 0 aliphatic rings. The van der Waals surface area contributed by atoms with Gasteiger partial charge in [-0.05, 0) is 34.4 Å². The Labute approximate surface area is 181 Å². The van der Waals surface area contributed by atoms with Gasteiger partial charge in [-0.15, -0.1) is 0 Å². The molecular formula is C25H25N5O. The highest BCUT2D eigenvalue weighted by Crippen LogP contribution is 2.27. The first kappa shape index (κ1) is 20.4. The summed E-state index contributed by atoms with van der Waals surface area (Å²) in [6.45, 7) is 0.399. The van der Waals surface area contributed by atoms with Gasteiger partial charge in [0.05, 0.1) is 18.0 Å². The number of aromatic amines is 1. The van der Waals surface area contributed by atoms with Gasteiger partial charge in [-0.2, -0.15) is 0 Å². The van der Waals surface area contributed by atoms with Gasteiger partial charge in [0, 0.05) is 37.4 Å². The van der Waals surface area contributed by atoms with Crippen molar-refractivity contribution in [2.75, 3.05) is 7.05 Å². The lowest BCUT2D eigenvalue weighted by Gasteiger charge is -2.13. The molecule has 0 aliphatic carbocycles. The van der Waals surface area contributed by atoms with Crippen molar-refractivity contribution in [3.63, 3.8) is 0 Å². The number of aromatic nitrogens is 2. The van der Waals surface area contributed by atoms with Crippen molar-refractivity contribution in [3.05, 3.63) is 102 Å². The Bertz CT molecular complexity index is 1190. The van der Waals surface area contributed by atoms with Gasteiger partial charge in [-0.3, -0.25) is 15.3 Å². The molecule has 0 amide bonds. The summed E-state index contributed by atoms with van der Waals surface area (Å²) in [5, 5.41) is 1.11. The lowest BCUT2D eigenvalue weighted by Crippen LogP contribution is -2.23. The molecule has 156 valence electrons. The van der Waals surface area contributed by atoms with E-state index >= 15 is 0 Å². The van der Waals surface area contributed by atoms with E-state index in [-0.39, 0.29) is 0 Å². The Balaban J connectivity index is 1.37. The van der Waals surface area contributed by atoms with Crippen LogP contribution >= 0.6 is 0 Å². The molecule has 4 rings (SSSR count). The molecule has 6 heteroatoms. The molecule has 4 aromatic rings. The van der Waals surface area contributed by atoms with Crippen molar-refractivity contribution >= 4 is 16.7 Å². The monoisotopic (exact) mass is 411 g/mol. The molecule has 0 aliphatic heterocycles. The highest BCUT2D eigenvalue weighted by Gasteiger charge is 2.09. The number of hydrogen-bond acceptors (Lipinski definition) is 5. The predicted molar refractivity (Wildman–Crippen MR) is 125 cm³/mol. The molecule has 0 spiro atoms. The second-order valence-electron chi connectivity index (χ2n) is 7.10. The topological polar surface area (TPSA) is 88.3 Å². The Morgan fingerprint density at radius 1 is 1.06 bits per heavy atom. The zero-order chi connectivity index (χ0) is 21.5. The van der Waals surface area contributed by atoms with Crippen LogP contribution in [0.3, 0.4) is 0 Å². The van der Waals surface area contributed by atoms with Crippen LogP contribution in [-0.4, -0.2) is 22.7 Å². The SMILES string of the molecule is CN=C(Cc1ccccc1)C(=CN)NOCc1ccc(-c2ccnc3[nH]ccc23)cc1. The summed E-state index contributed by atoms with van der Waals surface area (Å²) < 4.78 is 0. The van der Waals surface area contributed by atoms with Crippen molar-refractivity contribution in [1.29, 1.82) is 0 Å². The van der Waals surface area contributed by atoms with Crippen LogP contribution in [0, 0.1) is 0 Å². The average molecular weight is 412 g/mol. The van der Waals surface area contributed by atoms with E-state index in [1.165, 1.54) is 6.20 Å². The van der Waals surface area contributed by atoms with E-state index in [2.05, 4.69) is 56.8 Å². The molecule has 6 nitrogen and oxygen atoms in total. The molecular weight excluding hydrogens is 386 g/mol. The first-order valence-corrected chi connectivity index (χ1v) is 10.1. The summed E-state index contributed by atoms with van der Waals surface area (Å²) in [7, 11) is 1.75. The molecule has 2 heterocycles. The molecule has 0 fully saturated rings. The second-order valence-corrected chi connectivity index (χ2v) is 7.10. The Kier molecular flexibility index (Phi) is 6.40. The Hall–Kier alpha value is -3.90. The third kappa shape index (κ3) is 4.82. The number of benzene rings is 2. The number of nitrogens with zero attached hydrogens (tertiary/aromatic N) is 2. The normalized spacial score (nSPS) is 12.3. The molecule has 0 unspecified atom stereocenters. The first-order valence-electron chi connectivity index (χ1n) is 10.1. The number of rotatable bonds is 8. The van der Waals surface area contributed by atoms with Gasteiger partial charge in [0.2, 0.25) is 0 Å².